The lowest BCUT2D eigenvalue weighted by Gasteiger charge is -2.33. The molecule has 146 valence electrons. The first-order valence-electron chi connectivity index (χ1n) is 8.42. The summed E-state index contributed by atoms with van der Waals surface area (Å²) in [5.74, 6) is -0.517. The van der Waals surface area contributed by atoms with Crippen molar-refractivity contribution in [2.45, 2.75) is 4.21 Å². The number of hydrogen-bond donors (Lipinski definition) is 0. The summed E-state index contributed by atoms with van der Waals surface area (Å²) in [5.41, 5.74) is -0.0785. The average Bonchev–Trinajstić information content (AvgIpc) is 3.24. The number of hydrogen-bond acceptors (Lipinski definition) is 6. The molecule has 0 spiro atoms. The number of benzene rings is 1. The molecule has 7 nitrogen and oxygen atoms in total. The highest BCUT2D eigenvalue weighted by molar-refractivity contribution is 7.91. The zero-order valence-electron chi connectivity index (χ0n) is 14.5. The van der Waals surface area contributed by atoms with Crippen LogP contribution < -0.4 is 5.43 Å². The fourth-order valence-electron chi connectivity index (χ4n) is 3.06. The van der Waals surface area contributed by atoms with Crippen LogP contribution in [0.4, 0.5) is 0 Å². The summed E-state index contributed by atoms with van der Waals surface area (Å²) in [6.45, 7) is 0.788. The van der Waals surface area contributed by atoms with Crippen molar-refractivity contribution in [3.63, 3.8) is 0 Å². The highest BCUT2D eigenvalue weighted by Crippen LogP contribution is 2.23. The minimum atomic E-state index is -3.54. The second-order valence-corrected chi connectivity index (χ2v) is 9.79. The molecule has 1 aromatic carbocycles. The van der Waals surface area contributed by atoms with Gasteiger partial charge in [-0.3, -0.25) is 9.59 Å². The Labute approximate surface area is 169 Å². The molecular formula is C18H15ClN2O5S2. The summed E-state index contributed by atoms with van der Waals surface area (Å²) in [7, 11) is -3.54. The molecule has 2 aromatic heterocycles. The molecular weight excluding hydrogens is 424 g/mol. The van der Waals surface area contributed by atoms with E-state index < -0.39 is 15.9 Å². The van der Waals surface area contributed by atoms with Crippen LogP contribution in [0.2, 0.25) is 5.02 Å². The number of amides is 1. The van der Waals surface area contributed by atoms with Gasteiger partial charge in [-0.15, -0.1) is 11.3 Å². The van der Waals surface area contributed by atoms with Crippen molar-refractivity contribution >= 4 is 49.8 Å². The second-order valence-electron chi connectivity index (χ2n) is 6.24. The minimum Gasteiger partial charge on any atom is -0.451 e. The molecule has 10 heteroatoms. The Morgan fingerprint density at radius 1 is 1.11 bits per heavy atom. The van der Waals surface area contributed by atoms with Gasteiger partial charge in [-0.25, -0.2) is 8.42 Å². The van der Waals surface area contributed by atoms with Crippen LogP contribution in [0.3, 0.4) is 0 Å². The lowest BCUT2D eigenvalue weighted by Crippen LogP contribution is -2.50. The fraction of sp³-hybridized carbons (Fsp3) is 0.222. The van der Waals surface area contributed by atoms with Gasteiger partial charge in [0.25, 0.3) is 15.9 Å². The van der Waals surface area contributed by atoms with Crippen molar-refractivity contribution in [2.24, 2.45) is 0 Å². The predicted octanol–water partition coefficient (Wildman–Crippen LogP) is 2.65. The van der Waals surface area contributed by atoms with Crippen molar-refractivity contribution in [3.05, 3.63) is 62.8 Å². The standard InChI is InChI=1S/C18H15ClN2O5S2/c19-12-3-4-15-13(10-12)14(22)11-16(26-15)18(23)20-5-7-21(8-6-20)28(24,25)17-2-1-9-27-17/h1-4,9-11H,5-8H2. The number of sulfonamides is 1. The number of rotatable bonds is 3. The maximum atomic E-state index is 12.7. The summed E-state index contributed by atoms with van der Waals surface area (Å²) in [6.07, 6.45) is 0. The van der Waals surface area contributed by atoms with Gasteiger partial charge in [-0.2, -0.15) is 4.31 Å². The lowest BCUT2D eigenvalue weighted by atomic mass is 10.2. The van der Waals surface area contributed by atoms with Gasteiger partial charge in [0.1, 0.15) is 9.79 Å². The number of carbonyl (C=O) groups is 1. The molecule has 0 saturated carbocycles. The Kier molecular flexibility index (Phi) is 5.00. The van der Waals surface area contributed by atoms with Crippen molar-refractivity contribution in [1.82, 2.24) is 9.21 Å². The van der Waals surface area contributed by atoms with E-state index in [-0.39, 0.29) is 47.2 Å². The third-order valence-corrected chi connectivity index (χ3v) is 8.02. The van der Waals surface area contributed by atoms with E-state index in [9.17, 15) is 18.0 Å². The molecule has 3 heterocycles. The molecule has 0 aliphatic carbocycles. The van der Waals surface area contributed by atoms with E-state index in [0.717, 1.165) is 17.4 Å². The monoisotopic (exact) mass is 438 g/mol. The van der Waals surface area contributed by atoms with Crippen molar-refractivity contribution < 1.29 is 17.6 Å². The minimum absolute atomic E-state index is 0.0746. The van der Waals surface area contributed by atoms with E-state index >= 15 is 0 Å². The number of halogens is 1. The maximum absolute atomic E-state index is 12.7. The highest BCUT2D eigenvalue weighted by Gasteiger charge is 2.31. The normalized spacial score (nSPS) is 15.8. The topological polar surface area (TPSA) is 87.9 Å². The molecule has 1 saturated heterocycles. The molecule has 0 bridgehead atoms. The SMILES string of the molecule is O=C(c1cc(=O)c2cc(Cl)ccc2o1)N1CCN(S(=O)(=O)c2cccs2)CC1. The average molecular weight is 439 g/mol. The maximum Gasteiger partial charge on any atom is 0.289 e. The molecule has 0 N–H and O–H groups in total. The molecule has 0 unspecified atom stereocenters. The Morgan fingerprint density at radius 2 is 1.86 bits per heavy atom. The van der Waals surface area contributed by atoms with Crippen molar-refractivity contribution in [1.29, 1.82) is 0 Å². The zero-order valence-corrected chi connectivity index (χ0v) is 16.9. The predicted molar refractivity (Wildman–Crippen MR) is 106 cm³/mol. The third kappa shape index (κ3) is 3.46. The first-order chi connectivity index (χ1) is 13.4. The van der Waals surface area contributed by atoms with Crippen molar-refractivity contribution in [3.8, 4) is 0 Å². The summed E-state index contributed by atoms with van der Waals surface area (Å²) in [4.78, 5) is 26.5. The largest absolute Gasteiger partial charge is 0.451 e. The van der Waals surface area contributed by atoms with E-state index in [2.05, 4.69) is 0 Å². The number of nitrogens with zero attached hydrogens (tertiary/aromatic N) is 2. The van der Waals surface area contributed by atoms with Crippen LogP contribution in [0.15, 0.2) is 55.2 Å². The smallest absolute Gasteiger partial charge is 0.289 e. The molecule has 0 atom stereocenters. The molecule has 28 heavy (non-hydrogen) atoms. The Hall–Kier alpha value is -2.20. The quantitative estimate of drug-likeness (QED) is 0.627. The van der Waals surface area contributed by atoms with Crippen molar-refractivity contribution in [2.75, 3.05) is 26.2 Å². The molecule has 1 aliphatic heterocycles. The number of piperazine rings is 1. The summed E-state index contributed by atoms with van der Waals surface area (Å²) in [6, 6.07) is 9.01. The first-order valence-corrected chi connectivity index (χ1v) is 11.1. The van der Waals surface area contributed by atoms with Crippen LogP contribution in [0.1, 0.15) is 10.6 Å². The Balaban J connectivity index is 1.52. The van der Waals surface area contributed by atoms with E-state index in [4.69, 9.17) is 16.0 Å². The Morgan fingerprint density at radius 3 is 2.54 bits per heavy atom. The molecule has 1 amide bonds. The summed E-state index contributed by atoms with van der Waals surface area (Å²) >= 11 is 7.06. The van der Waals surface area contributed by atoms with Crippen LogP contribution in [-0.4, -0.2) is 49.7 Å². The van der Waals surface area contributed by atoms with Gasteiger partial charge >= 0.3 is 0 Å². The van der Waals surface area contributed by atoms with Gasteiger partial charge in [0.2, 0.25) is 0 Å². The fourth-order valence-corrected chi connectivity index (χ4v) is 5.80. The van der Waals surface area contributed by atoms with E-state index in [0.29, 0.717) is 10.4 Å². The van der Waals surface area contributed by atoms with Gasteiger partial charge < -0.3 is 9.32 Å². The molecule has 3 aromatic rings. The van der Waals surface area contributed by atoms with Gasteiger partial charge in [0.05, 0.1) is 5.39 Å². The summed E-state index contributed by atoms with van der Waals surface area (Å²) < 4.78 is 32.4. The second kappa shape index (κ2) is 7.32. The van der Waals surface area contributed by atoms with E-state index in [1.165, 1.54) is 15.3 Å². The van der Waals surface area contributed by atoms with Gasteiger partial charge in [0, 0.05) is 37.3 Å². The molecule has 4 rings (SSSR count). The third-order valence-electron chi connectivity index (χ3n) is 4.52. The molecule has 0 radical (unpaired) electrons. The van der Waals surface area contributed by atoms with E-state index in [1.54, 1.807) is 29.6 Å². The van der Waals surface area contributed by atoms with E-state index in [1.807, 2.05) is 0 Å². The lowest BCUT2D eigenvalue weighted by molar-refractivity contribution is 0.0666. The van der Waals surface area contributed by atoms with Crippen LogP contribution in [0.5, 0.6) is 0 Å². The summed E-state index contributed by atoms with van der Waals surface area (Å²) in [5, 5.41) is 2.42. The van der Waals surface area contributed by atoms with Gasteiger partial charge in [-0.05, 0) is 29.6 Å². The van der Waals surface area contributed by atoms with Crippen LogP contribution >= 0.6 is 22.9 Å². The number of carbonyl (C=O) groups excluding carboxylic acids is 1. The van der Waals surface area contributed by atoms with Crippen LogP contribution in [0, 0.1) is 0 Å². The van der Waals surface area contributed by atoms with Crippen LogP contribution in [-0.2, 0) is 10.0 Å². The number of fused-ring (bicyclic) bond motifs is 1. The molecule has 1 fully saturated rings. The van der Waals surface area contributed by atoms with Crippen LogP contribution in [0.25, 0.3) is 11.0 Å². The van der Waals surface area contributed by atoms with Gasteiger partial charge in [0.15, 0.2) is 11.2 Å². The molecule has 1 aliphatic rings. The Bertz CT molecular complexity index is 1200. The van der Waals surface area contributed by atoms with Gasteiger partial charge in [-0.1, -0.05) is 17.7 Å². The first kappa shape index (κ1) is 19.1. The number of thiophene rings is 1. The highest BCUT2D eigenvalue weighted by atomic mass is 35.5. The zero-order chi connectivity index (χ0) is 19.9.